The predicted octanol–water partition coefficient (Wildman–Crippen LogP) is 3.73. The summed E-state index contributed by atoms with van der Waals surface area (Å²) >= 11 is 0. The maximum atomic E-state index is 13.4. The summed E-state index contributed by atoms with van der Waals surface area (Å²) in [7, 11) is -3.70. The quantitative estimate of drug-likeness (QED) is 0.603. The molecule has 0 aromatic heterocycles. The number of hydrogen-bond donors (Lipinski definition) is 0. The lowest BCUT2D eigenvalue weighted by molar-refractivity contribution is -0.138. The standard InChI is InChI=1S/C26H31N3O5S/c1-3-29(19(2)21-7-5-20(18-27)6-8-21)26(30)22-11-13-28(14-12-22)35(31,32)23-9-10-24-25(17-23)34-16-4-15-33-24/h5-10,17,19,22H,3-4,11-16H2,1-2H3. The summed E-state index contributed by atoms with van der Waals surface area (Å²) < 4.78 is 39.3. The Morgan fingerprint density at radius 1 is 1.11 bits per heavy atom. The lowest BCUT2D eigenvalue weighted by Gasteiger charge is -2.36. The fourth-order valence-electron chi connectivity index (χ4n) is 4.67. The van der Waals surface area contributed by atoms with Gasteiger partial charge in [-0.1, -0.05) is 12.1 Å². The number of nitriles is 1. The van der Waals surface area contributed by atoms with E-state index in [-0.39, 0.29) is 35.9 Å². The topological polar surface area (TPSA) is 99.9 Å². The molecule has 186 valence electrons. The van der Waals surface area contributed by atoms with Crippen LogP contribution in [0.5, 0.6) is 11.5 Å². The molecule has 0 spiro atoms. The number of carbonyl (C=O) groups is 1. The largest absolute Gasteiger partial charge is 0.490 e. The summed E-state index contributed by atoms with van der Waals surface area (Å²) in [5.41, 5.74) is 1.55. The number of sulfonamides is 1. The van der Waals surface area contributed by atoms with Gasteiger partial charge in [-0.05, 0) is 56.5 Å². The average Bonchev–Trinajstić information content (AvgIpc) is 3.14. The van der Waals surface area contributed by atoms with Gasteiger partial charge in [-0.15, -0.1) is 0 Å². The van der Waals surface area contributed by atoms with Gasteiger partial charge in [0.2, 0.25) is 15.9 Å². The normalized spacial score (nSPS) is 17.7. The zero-order valence-electron chi connectivity index (χ0n) is 20.1. The van der Waals surface area contributed by atoms with Crippen LogP contribution >= 0.6 is 0 Å². The third kappa shape index (κ3) is 5.29. The molecule has 1 unspecified atom stereocenters. The molecule has 2 aromatic carbocycles. The first-order valence-corrected chi connectivity index (χ1v) is 13.5. The predicted molar refractivity (Wildman–Crippen MR) is 130 cm³/mol. The van der Waals surface area contributed by atoms with Crippen molar-refractivity contribution in [2.24, 2.45) is 5.92 Å². The van der Waals surface area contributed by atoms with Crippen molar-refractivity contribution in [2.75, 3.05) is 32.8 Å². The molecule has 1 amide bonds. The van der Waals surface area contributed by atoms with E-state index in [4.69, 9.17) is 14.7 Å². The molecule has 0 bridgehead atoms. The number of carbonyl (C=O) groups excluding carboxylic acids is 1. The minimum Gasteiger partial charge on any atom is -0.490 e. The molecule has 1 atom stereocenters. The molecule has 2 aliphatic heterocycles. The Labute approximate surface area is 207 Å². The second-order valence-corrected chi connectivity index (χ2v) is 10.8. The third-order valence-corrected chi connectivity index (χ3v) is 8.67. The lowest BCUT2D eigenvalue weighted by atomic mass is 9.95. The minimum atomic E-state index is -3.70. The van der Waals surface area contributed by atoms with Crippen molar-refractivity contribution >= 4 is 15.9 Å². The van der Waals surface area contributed by atoms with Crippen molar-refractivity contribution in [3.05, 3.63) is 53.6 Å². The SMILES string of the molecule is CCN(C(=O)C1CCN(S(=O)(=O)c2ccc3c(c2)OCCCO3)CC1)C(C)c1ccc(C#N)cc1. The van der Waals surface area contributed by atoms with E-state index in [0.717, 1.165) is 12.0 Å². The Bertz CT molecular complexity index is 1200. The molecule has 8 nitrogen and oxygen atoms in total. The molecule has 9 heteroatoms. The van der Waals surface area contributed by atoms with E-state index in [1.807, 2.05) is 30.9 Å². The molecule has 0 N–H and O–H groups in total. The fraction of sp³-hybridized carbons (Fsp3) is 0.462. The number of nitrogens with zero attached hydrogens (tertiary/aromatic N) is 3. The minimum absolute atomic E-state index is 0.0389. The van der Waals surface area contributed by atoms with Crippen molar-refractivity contribution in [3.8, 4) is 17.6 Å². The van der Waals surface area contributed by atoms with Gasteiger partial charge in [0.25, 0.3) is 0 Å². The zero-order valence-corrected chi connectivity index (χ0v) is 21.0. The van der Waals surface area contributed by atoms with Gasteiger partial charge in [0.15, 0.2) is 11.5 Å². The fourth-order valence-corrected chi connectivity index (χ4v) is 6.15. The number of piperidine rings is 1. The second kappa shape index (κ2) is 10.7. The molecule has 1 fully saturated rings. The Kier molecular flexibility index (Phi) is 7.63. The van der Waals surface area contributed by atoms with Crippen LogP contribution in [-0.4, -0.2) is 56.4 Å². The van der Waals surface area contributed by atoms with E-state index in [1.165, 1.54) is 10.4 Å². The van der Waals surface area contributed by atoms with Crippen LogP contribution in [0.4, 0.5) is 0 Å². The van der Waals surface area contributed by atoms with E-state index < -0.39 is 10.0 Å². The van der Waals surface area contributed by atoms with Gasteiger partial charge in [-0.25, -0.2) is 8.42 Å². The summed E-state index contributed by atoms with van der Waals surface area (Å²) in [4.78, 5) is 15.4. The molecule has 2 aliphatic rings. The van der Waals surface area contributed by atoms with Crippen molar-refractivity contribution in [1.29, 1.82) is 5.26 Å². The Morgan fingerprint density at radius 3 is 2.40 bits per heavy atom. The average molecular weight is 498 g/mol. The van der Waals surface area contributed by atoms with E-state index in [1.54, 1.807) is 24.3 Å². The molecular weight excluding hydrogens is 466 g/mol. The molecule has 0 saturated carbocycles. The number of rotatable bonds is 6. The zero-order chi connectivity index (χ0) is 25.0. The van der Waals surface area contributed by atoms with Crippen LogP contribution in [0.1, 0.15) is 50.3 Å². The van der Waals surface area contributed by atoms with Gasteiger partial charge >= 0.3 is 0 Å². The van der Waals surface area contributed by atoms with Gasteiger partial charge in [0, 0.05) is 38.0 Å². The number of ether oxygens (including phenoxy) is 2. The molecule has 0 aliphatic carbocycles. The first-order chi connectivity index (χ1) is 16.8. The first kappa shape index (κ1) is 25.0. The molecule has 2 aromatic rings. The summed E-state index contributed by atoms with van der Waals surface area (Å²) in [5.74, 6) is 0.814. The highest BCUT2D eigenvalue weighted by Gasteiger charge is 2.35. The van der Waals surface area contributed by atoms with Gasteiger partial charge < -0.3 is 14.4 Å². The molecule has 1 saturated heterocycles. The highest BCUT2D eigenvalue weighted by molar-refractivity contribution is 7.89. The van der Waals surface area contributed by atoms with Gasteiger partial charge in [0.1, 0.15) is 0 Å². The maximum absolute atomic E-state index is 13.4. The number of benzene rings is 2. The lowest BCUT2D eigenvalue weighted by Crippen LogP contribution is -2.45. The summed E-state index contributed by atoms with van der Waals surface area (Å²) in [6, 6.07) is 14.0. The monoisotopic (exact) mass is 497 g/mol. The number of hydrogen-bond acceptors (Lipinski definition) is 6. The van der Waals surface area contributed by atoms with Crippen LogP contribution in [0.25, 0.3) is 0 Å². The number of amides is 1. The third-order valence-electron chi connectivity index (χ3n) is 6.77. The van der Waals surface area contributed by atoms with Crippen molar-refractivity contribution in [1.82, 2.24) is 9.21 Å². The molecular formula is C26H31N3O5S. The van der Waals surface area contributed by atoms with Crippen molar-refractivity contribution in [3.63, 3.8) is 0 Å². The maximum Gasteiger partial charge on any atom is 0.243 e. The Balaban J connectivity index is 1.42. The van der Waals surface area contributed by atoms with Crippen LogP contribution in [0.2, 0.25) is 0 Å². The van der Waals surface area contributed by atoms with E-state index >= 15 is 0 Å². The smallest absolute Gasteiger partial charge is 0.243 e. The molecule has 0 radical (unpaired) electrons. The molecule has 2 heterocycles. The van der Waals surface area contributed by atoms with Crippen LogP contribution in [0.3, 0.4) is 0 Å². The van der Waals surface area contributed by atoms with E-state index in [0.29, 0.717) is 49.7 Å². The second-order valence-electron chi connectivity index (χ2n) is 8.87. The summed E-state index contributed by atoms with van der Waals surface area (Å²) in [6.45, 7) is 6.08. The summed E-state index contributed by atoms with van der Waals surface area (Å²) in [6.07, 6.45) is 1.69. The Hall–Kier alpha value is -3.09. The molecule has 35 heavy (non-hydrogen) atoms. The van der Waals surface area contributed by atoms with Gasteiger partial charge in [-0.2, -0.15) is 9.57 Å². The Morgan fingerprint density at radius 2 is 1.77 bits per heavy atom. The molecule has 4 rings (SSSR count). The van der Waals surface area contributed by atoms with Gasteiger partial charge in [0.05, 0.1) is 35.8 Å². The first-order valence-electron chi connectivity index (χ1n) is 12.1. The van der Waals surface area contributed by atoms with Crippen LogP contribution < -0.4 is 9.47 Å². The van der Waals surface area contributed by atoms with Crippen molar-refractivity contribution < 1.29 is 22.7 Å². The highest BCUT2D eigenvalue weighted by Crippen LogP contribution is 2.34. The van der Waals surface area contributed by atoms with E-state index in [2.05, 4.69) is 6.07 Å². The van der Waals surface area contributed by atoms with Crippen LogP contribution in [-0.2, 0) is 14.8 Å². The number of fused-ring (bicyclic) bond motifs is 1. The van der Waals surface area contributed by atoms with E-state index in [9.17, 15) is 13.2 Å². The van der Waals surface area contributed by atoms with Gasteiger partial charge in [-0.3, -0.25) is 4.79 Å². The van der Waals surface area contributed by atoms with Crippen LogP contribution in [0, 0.1) is 17.2 Å². The van der Waals surface area contributed by atoms with Crippen molar-refractivity contribution in [2.45, 2.75) is 44.0 Å². The highest BCUT2D eigenvalue weighted by atomic mass is 32.2. The summed E-state index contributed by atoms with van der Waals surface area (Å²) in [5, 5.41) is 9.02. The van der Waals surface area contributed by atoms with Crippen LogP contribution in [0.15, 0.2) is 47.4 Å².